The van der Waals surface area contributed by atoms with Gasteiger partial charge in [-0.05, 0) is 70.8 Å². The normalized spacial score (nSPS) is 10.6. The number of thiocarbonyl (C=S) groups is 2. The van der Waals surface area contributed by atoms with Gasteiger partial charge in [0.25, 0.3) is 0 Å². The van der Waals surface area contributed by atoms with Gasteiger partial charge < -0.3 is 9.80 Å². The highest BCUT2D eigenvalue weighted by atomic mass is 35.5. The van der Waals surface area contributed by atoms with Gasteiger partial charge in [0.1, 0.15) is 8.64 Å². The van der Waals surface area contributed by atoms with Gasteiger partial charge in [0.15, 0.2) is 0 Å². The average Bonchev–Trinajstić information content (AvgIpc) is 2.70. The van der Waals surface area contributed by atoms with Crippen LogP contribution in [0, 0.1) is 0 Å². The fraction of sp³-hybridized carbons (Fsp3) is 0.300. The first kappa shape index (κ1) is 23.8. The largest absolute Gasteiger partial charge is 0.353 e. The average molecular weight is 490 g/mol. The lowest BCUT2D eigenvalue weighted by Crippen LogP contribution is -2.28. The van der Waals surface area contributed by atoms with Crippen LogP contribution in [0.5, 0.6) is 0 Å². The first-order valence-electron chi connectivity index (χ1n) is 8.84. The Bertz CT molecular complexity index is 714. The lowest BCUT2D eigenvalue weighted by molar-refractivity contribution is 0.451. The molecule has 150 valence electrons. The van der Waals surface area contributed by atoms with Gasteiger partial charge in [-0.2, -0.15) is 0 Å². The van der Waals surface area contributed by atoms with Gasteiger partial charge in [-0.15, -0.1) is 0 Å². The molecule has 28 heavy (non-hydrogen) atoms. The molecule has 0 radical (unpaired) electrons. The van der Waals surface area contributed by atoms with Gasteiger partial charge in [0.05, 0.1) is 0 Å². The zero-order valence-electron chi connectivity index (χ0n) is 15.7. The van der Waals surface area contributed by atoms with Gasteiger partial charge in [-0.1, -0.05) is 71.9 Å². The first-order chi connectivity index (χ1) is 13.4. The number of nitrogens with zero attached hydrogens (tertiary/aromatic N) is 2. The molecule has 0 aliphatic carbocycles. The molecule has 0 aliphatic rings. The molecule has 0 spiro atoms. The van der Waals surface area contributed by atoms with E-state index in [2.05, 4.69) is 23.6 Å². The van der Waals surface area contributed by atoms with Crippen LogP contribution in [0.1, 0.15) is 25.0 Å². The van der Waals surface area contributed by atoms with E-state index in [-0.39, 0.29) is 0 Å². The molecule has 0 amide bonds. The predicted molar refractivity (Wildman–Crippen MR) is 135 cm³/mol. The van der Waals surface area contributed by atoms with E-state index in [1.54, 1.807) is 21.6 Å². The number of rotatable bonds is 6. The molecular weight excluding hydrogens is 467 g/mol. The lowest BCUT2D eigenvalue weighted by atomic mass is 10.2. The summed E-state index contributed by atoms with van der Waals surface area (Å²) in [6, 6.07) is 15.7. The van der Waals surface area contributed by atoms with E-state index in [9.17, 15) is 0 Å². The van der Waals surface area contributed by atoms with Gasteiger partial charge in [0.2, 0.25) is 0 Å². The Kier molecular flexibility index (Phi) is 10.4. The molecule has 0 saturated heterocycles. The molecule has 2 nitrogen and oxygen atoms in total. The minimum atomic E-state index is 0.741. The maximum Gasteiger partial charge on any atom is 0.147 e. The van der Waals surface area contributed by atoms with Gasteiger partial charge >= 0.3 is 0 Å². The fourth-order valence-electron chi connectivity index (χ4n) is 2.41. The number of hydrogen-bond donors (Lipinski definition) is 0. The summed E-state index contributed by atoms with van der Waals surface area (Å²) in [5, 5.41) is 1.48. The van der Waals surface area contributed by atoms with Crippen molar-refractivity contribution >= 4 is 77.9 Å². The van der Waals surface area contributed by atoms with Gasteiger partial charge in [-0.25, -0.2) is 0 Å². The highest BCUT2D eigenvalue weighted by molar-refractivity contribution is 8.89. The second kappa shape index (κ2) is 12.3. The van der Waals surface area contributed by atoms with Crippen LogP contribution in [-0.4, -0.2) is 31.5 Å². The Labute approximate surface area is 196 Å². The smallest absolute Gasteiger partial charge is 0.147 e. The van der Waals surface area contributed by atoms with Crippen molar-refractivity contribution in [2.45, 2.75) is 26.9 Å². The monoisotopic (exact) mass is 488 g/mol. The van der Waals surface area contributed by atoms with Crippen molar-refractivity contribution in [2.75, 3.05) is 13.1 Å². The van der Waals surface area contributed by atoms with E-state index in [4.69, 9.17) is 47.6 Å². The van der Waals surface area contributed by atoms with Crippen molar-refractivity contribution in [3.05, 3.63) is 69.7 Å². The van der Waals surface area contributed by atoms with E-state index >= 15 is 0 Å². The third kappa shape index (κ3) is 7.73. The maximum absolute atomic E-state index is 5.97. The molecule has 2 rings (SSSR count). The zero-order chi connectivity index (χ0) is 20.5. The van der Waals surface area contributed by atoms with E-state index in [1.807, 2.05) is 48.5 Å². The fourth-order valence-corrected chi connectivity index (χ4v) is 5.46. The zero-order valence-corrected chi connectivity index (χ0v) is 20.5. The van der Waals surface area contributed by atoms with Crippen molar-refractivity contribution in [3.63, 3.8) is 0 Å². The topological polar surface area (TPSA) is 6.48 Å². The van der Waals surface area contributed by atoms with Crippen LogP contribution in [0.15, 0.2) is 48.5 Å². The van der Waals surface area contributed by atoms with Crippen molar-refractivity contribution in [1.82, 2.24) is 9.80 Å². The van der Waals surface area contributed by atoms with E-state index in [0.717, 1.165) is 44.9 Å². The molecule has 0 bridgehead atoms. The molecule has 0 atom stereocenters. The van der Waals surface area contributed by atoms with Crippen LogP contribution in [-0.2, 0) is 13.1 Å². The summed E-state index contributed by atoms with van der Waals surface area (Å²) >= 11 is 23.2. The molecule has 0 aliphatic heterocycles. The molecule has 0 saturated carbocycles. The van der Waals surface area contributed by atoms with Crippen molar-refractivity contribution in [2.24, 2.45) is 0 Å². The SMILES string of the molecule is CCN(Cc1ccc(Cl)cc1)C(=S)SSC(=S)N(CC)Cc1ccc(Cl)cc1. The molecular formula is C20H22Cl2N2S4. The minimum Gasteiger partial charge on any atom is -0.353 e. The number of hydrogen-bond acceptors (Lipinski definition) is 4. The molecule has 2 aromatic carbocycles. The standard InChI is InChI=1S/C20H22Cl2N2S4/c1-3-23(13-15-5-9-17(21)10-6-15)19(25)27-28-20(26)24(4-2)14-16-7-11-18(22)12-8-16/h5-12H,3-4,13-14H2,1-2H3. The summed E-state index contributed by atoms with van der Waals surface area (Å²) in [5.41, 5.74) is 2.36. The number of benzene rings is 2. The summed E-state index contributed by atoms with van der Waals surface area (Å²) < 4.78 is 1.65. The predicted octanol–water partition coefficient (Wildman–Crippen LogP) is 7.29. The molecule has 2 aromatic rings. The molecule has 0 heterocycles. The van der Waals surface area contributed by atoms with Crippen LogP contribution in [0.25, 0.3) is 0 Å². The van der Waals surface area contributed by atoms with E-state index < -0.39 is 0 Å². The van der Waals surface area contributed by atoms with E-state index in [1.165, 1.54) is 11.1 Å². The molecule has 0 fully saturated rings. The van der Waals surface area contributed by atoms with Crippen LogP contribution in [0.2, 0.25) is 10.0 Å². The number of halogens is 2. The molecule has 0 aromatic heterocycles. The molecule has 0 unspecified atom stereocenters. The van der Waals surface area contributed by atoms with Gasteiger partial charge in [-0.3, -0.25) is 0 Å². The maximum atomic E-state index is 5.97. The van der Waals surface area contributed by atoms with Crippen LogP contribution >= 0.6 is 69.2 Å². The Balaban J connectivity index is 1.88. The molecule has 8 heteroatoms. The van der Waals surface area contributed by atoms with Crippen LogP contribution < -0.4 is 0 Å². The Morgan fingerprint density at radius 2 is 1.04 bits per heavy atom. The quantitative estimate of drug-likeness (QED) is 0.308. The Hall–Kier alpha value is -0.500. The van der Waals surface area contributed by atoms with E-state index in [0.29, 0.717) is 0 Å². The van der Waals surface area contributed by atoms with Crippen molar-refractivity contribution < 1.29 is 0 Å². The first-order valence-corrected chi connectivity index (χ1v) is 12.6. The third-order valence-electron chi connectivity index (χ3n) is 4.04. The molecule has 0 N–H and O–H groups in total. The summed E-state index contributed by atoms with van der Waals surface area (Å²) in [7, 11) is 3.08. The Morgan fingerprint density at radius 3 is 1.32 bits per heavy atom. The summed E-state index contributed by atoms with van der Waals surface area (Å²) in [6.07, 6.45) is 0. The summed E-state index contributed by atoms with van der Waals surface area (Å²) in [5.74, 6) is 0. The summed E-state index contributed by atoms with van der Waals surface area (Å²) in [4.78, 5) is 4.32. The summed E-state index contributed by atoms with van der Waals surface area (Å²) in [6.45, 7) is 7.40. The second-order valence-electron chi connectivity index (χ2n) is 5.98. The van der Waals surface area contributed by atoms with Crippen LogP contribution in [0.3, 0.4) is 0 Å². The highest BCUT2D eigenvalue weighted by Gasteiger charge is 2.14. The van der Waals surface area contributed by atoms with Crippen LogP contribution in [0.4, 0.5) is 0 Å². The second-order valence-corrected chi connectivity index (χ2v) is 10.2. The third-order valence-corrected chi connectivity index (χ3v) is 8.27. The minimum absolute atomic E-state index is 0.741. The van der Waals surface area contributed by atoms with Crippen molar-refractivity contribution in [1.29, 1.82) is 0 Å². The highest BCUT2D eigenvalue weighted by Crippen LogP contribution is 2.30. The Morgan fingerprint density at radius 1 is 0.714 bits per heavy atom. The lowest BCUT2D eigenvalue weighted by Gasteiger charge is -2.25. The van der Waals surface area contributed by atoms with Gasteiger partial charge in [0, 0.05) is 36.2 Å². The van der Waals surface area contributed by atoms with Crippen molar-refractivity contribution in [3.8, 4) is 0 Å².